The number of ether oxygens (including phenoxy) is 3. The second-order valence-electron chi connectivity index (χ2n) is 8.34. The van der Waals surface area contributed by atoms with Crippen molar-refractivity contribution < 1.29 is 28.6 Å². The molecule has 0 N–H and O–H groups in total. The average molecular weight is 416 g/mol. The van der Waals surface area contributed by atoms with E-state index in [1.54, 1.807) is 23.8 Å². The Kier molecular flexibility index (Phi) is 6.39. The number of pyridine rings is 1. The number of fused-ring (bicyclic) bond motifs is 1. The zero-order valence-electron chi connectivity index (χ0n) is 18.7. The molecule has 30 heavy (non-hydrogen) atoms. The minimum Gasteiger partial charge on any atom is -0.490 e. The molecule has 0 fully saturated rings. The maximum absolute atomic E-state index is 12.4. The molecule has 0 bridgehead atoms. The minimum atomic E-state index is -0.495. The monoisotopic (exact) mass is 415 g/mol. The Labute approximate surface area is 178 Å². The van der Waals surface area contributed by atoms with Crippen LogP contribution in [0.4, 0.5) is 4.79 Å². The number of aryl methyl sites for hydroxylation is 1. The molecule has 0 spiro atoms. The molecule has 162 valence electrons. The smallest absolute Gasteiger partial charge is 0.410 e. The van der Waals surface area contributed by atoms with Crippen LogP contribution in [0.2, 0.25) is 0 Å². The molecule has 7 nitrogen and oxygen atoms in total. The van der Waals surface area contributed by atoms with E-state index in [0.29, 0.717) is 25.4 Å². The summed E-state index contributed by atoms with van der Waals surface area (Å²) in [6.45, 7) is 9.07. The van der Waals surface area contributed by atoms with E-state index in [9.17, 15) is 4.79 Å². The highest BCUT2D eigenvalue weighted by Gasteiger charge is 2.26. The number of methoxy groups -OCH3 is 1. The first-order valence-corrected chi connectivity index (χ1v) is 10.1. The van der Waals surface area contributed by atoms with Gasteiger partial charge in [0.25, 0.3) is 0 Å². The van der Waals surface area contributed by atoms with Gasteiger partial charge in [-0.3, -0.25) is 4.84 Å². The van der Waals surface area contributed by atoms with Crippen LogP contribution in [-0.4, -0.2) is 37.4 Å². The fourth-order valence-electron chi connectivity index (χ4n) is 3.50. The summed E-state index contributed by atoms with van der Waals surface area (Å²) < 4.78 is 18.7. The van der Waals surface area contributed by atoms with Crippen LogP contribution in [-0.2, 0) is 24.3 Å². The van der Waals surface area contributed by atoms with Gasteiger partial charge < -0.3 is 19.1 Å². The van der Waals surface area contributed by atoms with Crippen LogP contribution < -0.4 is 19.0 Å². The van der Waals surface area contributed by atoms with Gasteiger partial charge in [-0.1, -0.05) is 6.07 Å². The molecule has 7 heteroatoms. The van der Waals surface area contributed by atoms with Gasteiger partial charge in [0, 0.05) is 30.8 Å². The summed E-state index contributed by atoms with van der Waals surface area (Å²) in [5, 5.41) is 0. The third kappa shape index (κ3) is 4.96. The number of amides is 1. The Balaban J connectivity index is 1.71. The second-order valence-corrected chi connectivity index (χ2v) is 8.34. The molecule has 0 aliphatic carbocycles. The Morgan fingerprint density at radius 1 is 1.13 bits per heavy atom. The third-order valence-corrected chi connectivity index (χ3v) is 4.95. The lowest BCUT2D eigenvalue weighted by atomic mass is 10.00. The fourth-order valence-corrected chi connectivity index (χ4v) is 3.50. The van der Waals surface area contributed by atoms with Gasteiger partial charge in [-0.2, -0.15) is 0 Å². The number of nitrogens with zero attached hydrogens (tertiary/aromatic N) is 2. The number of carbonyl (C=O) groups excluding carboxylic acids is 1. The molecule has 1 aromatic carbocycles. The molecule has 0 atom stereocenters. The van der Waals surface area contributed by atoms with Gasteiger partial charge in [-0.15, -0.1) is 0 Å². The molecule has 0 unspecified atom stereocenters. The molecule has 1 aliphatic heterocycles. The lowest BCUT2D eigenvalue weighted by Crippen LogP contribution is -2.48. The van der Waals surface area contributed by atoms with E-state index in [1.165, 1.54) is 5.56 Å². The van der Waals surface area contributed by atoms with Crippen LogP contribution >= 0.6 is 0 Å². The molecule has 1 amide bonds. The molecular weight excluding hydrogens is 384 g/mol. The first kappa shape index (κ1) is 21.7. The first-order valence-electron chi connectivity index (χ1n) is 10.1. The van der Waals surface area contributed by atoms with Gasteiger partial charge in [0.1, 0.15) is 18.5 Å². The minimum absolute atomic E-state index is 0.274. The van der Waals surface area contributed by atoms with E-state index in [0.717, 1.165) is 29.1 Å². The number of hydrogen-bond acceptors (Lipinski definition) is 5. The molecular formula is C23H31N2O5+. The van der Waals surface area contributed by atoms with Gasteiger partial charge in [0.05, 0.1) is 7.11 Å². The van der Waals surface area contributed by atoms with Crippen LogP contribution in [0.15, 0.2) is 30.3 Å². The summed E-state index contributed by atoms with van der Waals surface area (Å²) in [6, 6.07) is 9.82. The number of rotatable bonds is 5. The summed E-state index contributed by atoms with van der Waals surface area (Å²) in [7, 11) is 3.24. The Hall–Kier alpha value is -2.96. The van der Waals surface area contributed by atoms with Crippen molar-refractivity contribution in [1.82, 2.24) is 4.90 Å². The van der Waals surface area contributed by atoms with Crippen LogP contribution in [0.5, 0.6) is 11.5 Å². The van der Waals surface area contributed by atoms with Crippen LogP contribution in [0.3, 0.4) is 0 Å². The predicted octanol–water partition coefficient (Wildman–Crippen LogP) is 3.22. The number of hydrogen-bond donors (Lipinski definition) is 0. The summed E-state index contributed by atoms with van der Waals surface area (Å²) in [5.74, 6) is 1.47. The molecule has 0 saturated carbocycles. The molecule has 2 aromatic rings. The summed E-state index contributed by atoms with van der Waals surface area (Å²) in [5.41, 5.74) is 3.55. The van der Waals surface area contributed by atoms with Gasteiger partial charge >= 0.3 is 11.8 Å². The first-order chi connectivity index (χ1) is 14.2. The van der Waals surface area contributed by atoms with Crippen LogP contribution in [0.1, 0.15) is 43.3 Å². The van der Waals surface area contributed by atoms with Crippen molar-refractivity contribution in [2.75, 3.05) is 20.8 Å². The zero-order valence-corrected chi connectivity index (χ0v) is 18.7. The SMILES string of the molecule is COc1ccc(C)[n+](OC)c1COc1ccc2c(c1)CCN(C(=O)OC(C)(C)C)C2. The van der Waals surface area contributed by atoms with Crippen molar-refractivity contribution in [1.29, 1.82) is 0 Å². The van der Waals surface area contributed by atoms with Crippen LogP contribution in [0.25, 0.3) is 0 Å². The molecule has 2 heterocycles. The van der Waals surface area contributed by atoms with Gasteiger partial charge in [0.15, 0.2) is 12.4 Å². The number of aromatic nitrogens is 1. The highest BCUT2D eigenvalue weighted by Crippen LogP contribution is 2.26. The predicted molar refractivity (Wildman–Crippen MR) is 112 cm³/mol. The van der Waals surface area contributed by atoms with Gasteiger partial charge in [0.2, 0.25) is 5.69 Å². The maximum atomic E-state index is 12.4. The van der Waals surface area contributed by atoms with Crippen molar-refractivity contribution in [2.45, 2.75) is 52.9 Å². The summed E-state index contributed by atoms with van der Waals surface area (Å²) >= 11 is 0. The summed E-state index contributed by atoms with van der Waals surface area (Å²) in [6.07, 6.45) is 0.488. The fraction of sp³-hybridized carbons (Fsp3) is 0.478. The highest BCUT2D eigenvalue weighted by atomic mass is 16.6. The van der Waals surface area contributed by atoms with E-state index in [4.69, 9.17) is 19.0 Å². The lowest BCUT2D eigenvalue weighted by molar-refractivity contribution is -0.895. The average Bonchev–Trinajstić information content (AvgIpc) is 2.70. The Morgan fingerprint density at radius 2 is 1.90 bits per heavy atom. The Bertz CT molecular complexity index is 921. The standard InChI is InChI=1S/C23H31N2O5/c1-16-7-10-21(27-5)20(25(16)28-6)15-29-19-9-8-18-14-24(12-11-17(18)13-19)22(26)30-23(2,3)4/h7-10,13H,11-12,14-15H2,1-6H3/q+1. The van der Waals surface area contributed by atoms with Crippen LogP contribution in [0, 0.1) is 6.92 Å². The van der Waals surface area contributed by atoms with E-state index < -0.39 is 5.60 Å². The molecule has 1 aliphatic rings. The lowest BCUT2D eigenvalue weighted by Gasteiger charge is -2.31. The van der Waals surface area contributed by atoms with Crippen molar-refractivity contribution in [3.63, 3.8) is 0 Å². The third-order valence-electron chi connectivity index (χ3n) is 4.95. The van der Waals surface area contributed by atoms with Gasteiger partial charge in [-0.25, -0.2) is 4.79 Å². The van der Waals surface area contributed by atoms with Crippen molar-refractivity contribution >= 4 is 6.09 Å². The summed E-state index contributed by atoms with van der Waals surface area (Å²) in [4.78, 5) is 19.6. The van der Waals surface area contributed by atoms with Crippen molar-refractivity contribution in [3.8, 4) is 11.5 Å². The van der Waals surface area contributed by atoms with E-state index in [1.807, 2.05) is 58.0 Å². The molecule has 3 rings (SSSR count). The van der Waals surface area contributed by atoms with Crippen molar-refractivity contribution in [2.24, 2.45) is 0 Å². The normalized spacial score (nSPS) is 13.5. The maximum Gasteiger partial charge on any atom is 0.410 e. The number of benzene rings is 1. The van der Waals surface area contributed by atoms with E-state index >= 15 is 0 Å². The molecule has 0 saturated heterocycles. The highest BCUT2D eigenvalue weighted by molar-refractivity contribution is 5.68. The Morgan fingerprint density at radius 3 is 2.57 bits per heavy atom. The largest absolute Gasteiger partial charge is 0.490 e. The topological polar surface area (TPSA) is 61.1 Å². The second kappa shape index (κ2) is 8.81. The zero-order chi connectivity index (χ0) is 21.9. The van der Waals surface area contributed by atoms with Gasteiger partial charge in [-0.05, 0) is 56.5 Å². The quantitative estimate of drug-likeness (QED) is 0.702. The van der Waals surface area contributed by atoms with Crippen molar-refractivity contribution in [3.05, 3.63) is 52.8 Å². The van der Waals surface area contributed by atoms with E-state index in [-0.39, 0.29) is 6.09 Å². The number of carbonyl (C=O) groups is 1. The molecule has 0 radical (unpaired) electrons. The molecule has 1 aromatic heterocycles. The van der Waals surface area contributed by atoms with E-state index in [2.05, 4.69) is 0 Å².